The molecule has 0 unspecified atom stereocenters. The summed E-state index contributed by atoms with van der Waals surface area (Å²) in [5, 5.41) is 17.1. The highest BCUT2D eigenvalue weighted by molar-refractivity contribution is 5.52. The number of hydrogen-bond acceptors (Lipinski definition) is 2. The van der Waals surface area contributed by atoms with Crippen molar-refractivity contribution in [3.63, 3.8) is 0 Å². The van der Waals surface area contributed by atoms with Crippen LogP contribution in [0.3, 0.4) is 0 Å². The normalized spacial score (nSPS) is 10.5. The van der Waals surface area contributed by atoms with E-state index in [2.05, 4.69) is 0 Å². The topological polar surface area (TPSA) is 47.6 Å². The Bertz CT molecular complexity index is 440. The Morgan fingerprint density at radius 1 is 1.07 bits per heavy atom. The van der Waals surface area contributed by atoms with E-state index in [1.54, 1.807) is 0 Å². The molecule has 0 N–H and O–H groups in total. The Morgan fingerprint density at radius 3 is 1.73 bits per heavy atom. The fourth-order valence-electron chi connectivity index (χ4n) is 1.27. The average molecular weight is 210 g/mol. The van der Waals surface area contributed by atoms with E-state index >= 15 is 0 Å². The average Bonchev–Trinajstić information content (AvgIpc) is 2.14. The van der Waals surface area contributed by atoms with Gasteiger partial charge in [-0.1, -0.05) is 0 Å². The van der Waals surface area contributed by atoms with Crippen molar-refractivity contribution in [2.24, 2.45) is 0 Å². The quantitative estimate of drug-likeness (QED) is 0.660. The van der Waals surface area contributed by atoms with Crippen molar-refractivity contribution in [2.75, 3.05) is 0 Å². The summed E-state index contributed by atoms with van der Waals surface area (Å²) in [7, 11) is 0. The standard InChI is InChI=1S/C10H5F3N2/c1-6-2-7(4-14)9(10(11,12)13)8(3-6)5-15/h2-3H,1H3. The van der Waals surface area contributed by atoms with Crippen molar-refractivity contribution in [2.45, 2.75) is 13.1 Å². The van der Waals surface area contributed by atoms with Crippen molar-refractivity contribution in [3.05, 3.63) is 34.4 Å². The van der Waals surface area contributed by atoms with Gasteiger partial charge in [-0.15, -0.1) is 0 Å². The summed E-state index contributed by atoms with van der Waals surface area (Å²) in [5.74, 6) is 0. The molecule has 0 aromatic heterocycles. The Hall–Kier alpha value is -2.01. The maximum Gasteiger partial charge on any atom is 0.418 e. The number of aryl methyl sites for hydroxylation is 1. The smallest absolute Gasteiger partial charge is 0.192 e. The molecule has 0 aliphatic rings. The van der Waals surface area contributed by atoms with Crippen LogP contribution >= 0.6 is 0 Å². The molecule has 0 radical (unpaired) electrons. The van der Waals surface area contributed by atoms with Crippen LogP contribution in [0.5, 0.6) is 0 Å². The first-order valence-corrected chi connectivity index (χ1v) is 3.92. The van der Waals surface area contributed by atoms with Gasteiger partial charge in [0.25, 0.3) is 0 Å². The maximum absolute atomic E-state index is 12.5. The first-order chi connectivity index (χ1) is 6.90. The molecule has 1 aromatic carbocycles. The van der Waals surface area contributed by atoms with Crippen LogP contribution in [-0.4, -0.2) is 0 Å². The van der Waals surface area contributed by atoms with Crippen LogP contribution in [0.15, 0.2) is 12.1 Å². The lowest BCUT2D eigenvalue weighted by atomic mass is 9.99. The molecule has 15 heavy (non-hydrogen) atoms. The molecule has 0 spiro atoms. The predicted molar refractivity (Wildman–Crippen MR) is 45.6 cm³/mol. The Morgan fingerprint density at radius 2 is 1.47 bits per heavy atom. The van der Waals surface area contributed by atoms with Crippen molar-refractivity contribution < 1.29 is 13.2 Å². The molecule has 0 saturated carbocycles. The molecule has 5 heteroatoms. The van der Waals surface area contributed by atoms with Gasteiger partial charge >= 0.3 is 6.18 Å². The Kier molecular flexibility index (Phi) is 2.67. The molecule has 0 amide bonds. The van der Waals surface area contributed by atoms with E-state index in [1.807, 2.05) is 0 Å². The molecule has 1 rings (SSSR count). The first kappa shape index (κ1) is 11.1. The largest absolute Gasteiger partial charge is 0.418 e. The van der Waals surface area contributed by atoms with E-state index in [-0.39, 0.29) is 0 Å². The van der Waals surface area contributed by atoms with Gasteiger partial charge < -0.3 is 0 Å². The zero-order chi connectivity index (χ0) is 11.6. The van der Waals surface area contributed by atoms with Crippen molar-refractivity contribution in [3.8, 4) is 12.1 Å². The zero-order valence-corrected chi connectivity index (χ0v) is 7.68. The molecule has 0 fully saturated rings. The van der Waals surface area contributed by atoms with E-state index in [1.165, 1.54) is 19.1 Å². The highest BCUT2D eigenvalue weighted by atomic mass is 19.4. The number of benzene rings is 1. The van der Waals surface area contributed by atoms with E-state index in [9.17, 15) is 13.2 Å². The van der Waals surface area contributed by atoms with Gasteiger partial charge in [0.2, 0.25) is 0 Å². The lowest BCUT2D eigenvalue weighted by molar-refractivity contribution is -0.138. The summed E-state index contributed by atoms with van der Waals surface area (Å²) in [6.45, 7) is 1.53. The monoisotopic (exact) mass is 210 g/mol. The number of nitrogens with zero attached hydrogens (tertiary/aromatic N) is 2. The second-order valence-electron chi connectivity index (χ2n) is 2.96. The van der Waals surface area contributed by atoms with Gasteiger partial charge in [0.05, 0.1) is 28.8 Å². The molecule has 0 aliphatic carbocycles. The Balaban J connectivity index is 3.63. The lowest BCUT2D eigenvalue weighted by Gasteiger charge is -2.10. The summed E-state index contributed by atoms with van der Waals surface area (Å²) >= 11 is 0. The number of nitriles is 2. The van der Waals surface area contributed by atoms with Crippen molar-refractivity contribution >= 4 is 0 Å². The van der Waals surface area contributed by atoms with Gasteiger partial charge in [-0.3, -0.25) is 0 Å². The number of hydrogen-bond donors (Lipinski definition) is 0. The third-order valence-electron chi connectivity index (χ3n) is 1.81. The molecule has 0 aliphatic heterocycles. The minimum Gasteiger partial charge on any atom is -0.192 e. The minimum absolute atomic E-state index is 0.455. The predicted octanol–water partition coefficient (Wildman–Crippen LogP) is 2.76. The molecule has 0 saturated heterocycles. The molecular formula is C10H5F3N2. The summed E-state index contributed by atoms with van der Waals surface area (Å²) < 4.78 is 37.5. The summed E-state index contributed by atoms with van der Waals surface area (Å²) in [6, 6.07) is 5.12. The highest BCUT2D eigenvalue weighted by Crippen LogP contribution is 2.34. The summed E-state index contributed by atoms with van der Waals surface area (Å²) in [6.07, 6.45) is -4.68. The van der Waals surface area contributed by atoms with Crippen LogP contribution in [-0.2, 0) is 6.18 Å². The molecule has 2 nitrogen and oxygen atoms in total. The molecule has 0 bridgehead atoms. The van der Waals surface area contributed by atoms with Gasteiger partial charge in [0, 0.05) is 0 Å². The number of alkyl halides is 3. The van der Waals surface area contributed by atoms with E-state index < -0.39 is 22.9 Å². The number of halogens is 3. The van der Waals surface area contributed by atoms with Crippen molar-refractivity contribution in [1.29, 1.82) is 10.5 Å². The second-order valence-corrected chi connectivity index (χ2v) is 2.96. The molecular weight excluding hydrogens is 205 g/mol. The van der Waals surface area contributed by atoms with Gasteiger partial charge in [0.1, 0.15) is 0 Å². The van der Waals surface area contributed by atoms with Crippen LogP contribution in [0.4, 0.5) is 13.2 Å². The number of rotatable bonds is 0. The molecule has 0 atom stereocenters. The van der Waals surface area contributed by atoms with Crippen LogP contribution in [0.25, 0.3) is 0 Å². The summed E-state index contributed by atoms with van der Waals surface area (Å²) in [4.78, 5) is 0. The SMILES string of the molecule is Cc1cc(C#N)c(C(F)(F)F)c(C#N)c1. The second kappa shape index (κ2) is 3.62. The molecule has 0 heterocycles. The highest BCUT2D eigenvalue weighted by Gasteiger charge is 2.36. The minimum atomic E-state index is -4.68. The summed E-state index contributed by atoms with van der Waals surface area (Å²) in [5.41, 5.74) is -1.73. The molecule has 1 aromatic rings. The van der Waals surface area contributed by atoms with Gasteiger partial charge in [-0.05, 0) is 24.6 Å². The molecule has 76 valence electrons. The lowest BCUT2D eigenvalue weighted by Crippen LogP contribution is -2.11. The van der Waals surface area contributed by atoms with Crippen LogP contribution in [0, 0.1) is 29.6 Å². The van der Waals surface area contributed by atoms with Crippen LogP contribution in [0.1, 0.15) is 22.3 Å². The van der Waals surface area contributed by atoms with E-state index in [0.717, 1.165) is 12.1 Å². The van der Waals surface area contributed by atoms with Gasteiger partial charge in [-0.2, -0.15) is 23.7 Å². The van der Waals surface area contributed by atoms with Crippen molar-refractivity contribution in [1.82, 2.24) is 0 Å². The van der Waals surface area contributed by atoms with Gasteiger partial charge in [-0.25, -0.2) is 0 Å². The van der Waals surface area contributed by atoms with Crippen LogP contribution in [0.2, 0.25) is 0 Å². The van der Waals surface area contributed by atoms with Crippen LogP contribution < -0.4 is 0 Å². The van der Waals surface area contributed by atoms with E-state index in [0.29, 0.717) is 5.56 Å². The zero-order valence-electron chi connectivity index (χ0n) is 7.68. The third-order valence-corrected chi connectivity index (χ3v) is 1.81. The fraction of sp³-hybridized carbons (Fsp3) is 0.200. The third kappa shape index (κ3) is 2.08. The van der Waals surface area contributed by atoms with E-state index in [4.69, 9.17) is 10.5 Å². The Labute approximate surface area is 84.2 Å². The fourth-order valence-corrected chi connectivity index (χ4v) is 1.27. The maximum atomic E-state index is 12.5. The van der Waals surface area contributed by atoms with Gasteiger partial charge in [0.15, 0.2) is 0 Å². The first-order valence-electron chi connectivity index (χ1n) is 3.92.